The molecule has 0 atom stereocenters. The highest BCUT2D eigenvalue weighted by Gasteiger charge is 2.38. The normalized spacial score (nSPS) is 11.6. The Balaban J connectivity index is 1.21. The van der Waals surface area contributed by atoms with Gasteiger partial charge in [0.2, 0.25) is 11.7 Å². The third-order valence-corrected chi connectivity index (χ3v) is 12.8. The molecule has 0 saturated heterocycles. The quantitative estimate of drug-likeness (QED) is 0.0605. The molecule has 72 heavy (non-hydrogen) atoms. The Morgan fingerprint density at radius 2 is 1.24 bits per heavy atom. The van der Waals surface area contributed by atoms with Gasteiger partial charge in [0.1, 0.15) is 47.5 Å². The van der Waals surface area contributed by atoms with Crippen LogP contribution < -0.4 is 39.6 Å². The number of nitrogens with zero attached hydrogens (tertiary/aromatic N) is 8. The minimum Gasteiger partial charge on any atom is -0.493 e. The van der Waals surface area contributed by atoms with Gasteiger partial charge in [0.15, 0.2) is 28.7 Å². The fourth-order valence-electron chi connectivity index (χ4n) is 7.03. The second kappa shape index (κ2) is 21.7. The Kier molecular flexibility index (Phi) is 15.2. The molecule has 0 bridgehead atoms. The first-order valence-corrected chi connectivity index (χ1v) is 23.8. The molecule has 4 aromatic carbocycles. The number of ether oxygens (including phenoxy) is 4. The van der Waals surface area contributed by atoms with Gasteiger partial charge in [0.25, 0.3) is 0 Å². The molecule has 23 heteroatoms. The van der Waals surface area contributed by atoms with Crippen LogP contribution in [0.4, 0.5) is 45.8 Å². The van der Waals surface area contributed by atoms with Gasteiger partial charge in [0, 0.05) is 50.5 Å². The largest absolute Gasteiger partial charge is 0.493 e. The van der Waals surface area contributed by atoms with Crippen molar-refractivity contribution in [3.05, 3.63) is 109 Å². The van der Waals surface area contributed by atoms with Crippen LogP contribution in [0.5, 0.6) is 23.0 Å². The molecular weight excluding hydrogens is 978 g/mol. The van der Waals surface area contributed by atoms with Crippen LogP contribution in [-0.4, -0.2) is 83.1 Å². The number of anilines is 4. The lowest BCUT2D eigenvalue weighted by molar-refractivity contribution is 0.205. The predicted molar refractivity (Wildman–Crippen MR) is 265 cm³/mol. The second-order valence-electron chi connectivity index (χ2n) is 16.4. The molecule has 0 aliphatic rings. The van der Waals surface area contributed by atoms with E-state index in [0.717, 1.165) is 16.1 Å². The van der Waals surface area contributed by atoms with Crippen molar-refractivity contribution in [3.63, 3.8) is 0 Å². The van der Waals surface area contributed by atoms with Gasteiger partial charge in [-0.05, 0) is 83.1 Å². The van der Waals surface area contributed by atoms with Gasteiger partial charge in [0.05, 0.1) is 49.6 Å². The SMILES string of the molecule is CCOc1cc2c(Sc3cccc(NC(=O)N(c4cc(C(C)(CF)CF)on4)N(C(=O)Nc4cc(C(C)(C)F)no4)c4cccc(Sc5ncnc6cc(OC)c(OCC)cc56)c4)c3)ncnc2cc1OC. The number of hydrazine groups is 1. The molecular formula is C49H47F3N10O8S2. The number of carbonyl (C=O) groups excluding carboxylic acids is 2. The standard InChI is InChI=1S/C49H47F3N10O8S2/c1-8-67-38-18-32-34(20-36(38)65-6)53-26-55-44(32)71-30-14-10-12-28(16-30)57-46(63)62(42-23-41(69-60-42)49(5,24-50)25-51)61(47(64)58-43-22-40(59-70-43)48(3,4)52)29-13-11-15-31(17-29)72-45-33-19-39(68-9-2)37(66-7)21-35(33)54-27-56-45/h10-23,26-27H,8-9,24-25H2,1-7H3,(H,57,63)(H,58,64). The summed E-state index contributed by atoms with van der Waals surface area (Å²) in [5.74, 6) is 1.08. The third kappa shape index (κ3) is 10.9. The van der Waals surface area contributed by atoms with E-state index in [9.17, 15) is 13.6 Å². The van der Waals surface area contributed by atoms with E-state index < -0.39 is 36.5 Å². The van der Waals surface area contributed by atoms with E-state index in [0.29, 0.717) is 77.9 Å². The van der Waals surface area contributed by atoms with Gasteiger partial charge in [-0.3, -0.25) is 5.32 Å². The predicted octanol–water partition coefficient (Wildman–Crippen LogP) is 11.8. The zero-order valence-corrected chi connectivity index (χ0v) is 41.5. The summed E-state index contributed by atoms with van der Waals surface area (Å²) in [6.07, 6.45) is 2.82. The first-order valence-electron chi connectivity index (χ1n) is 22.1. The van der Waals surface area contributed by atoms with E-state index in [-0.39, 0.29) is 34.5 Å². The van der Waals surface area contributed by atoms with E-state index in [1.54, 1.807) is 66.7 Å². The Bertz CT molecular complexity index is 3240. The van der Waals surface area contributed by atoms with E-state index in [1.807, 2.05) is 13.8 Å². The van der Waals surface area contributed by atoms with E-state index in [1.165, 1.54) is 83.3 Å². The number of fused-ring (bicyclic) bond motifs is 2. The molecule has 0 unspecified atom stereocenters. The molecule has 4 amide bonds. The van der Waals surface area contributed by atoms with E-state index >= 15 is 9.18 Å². The molecule has 8 aromatic rings. The van der Waals surface area contributed by atoms with Crippen molar-refractivity contribution >= 4 is 80.5 Å². The Morgan fingerprint density at radius 3 is 1.78 bits per heavy atom. The lowest BCUT2D eigenvalue weighted by atomic mass is 9.91. The molecule has 0 radical (unpaired) electrons. The van der Waals surface area contributed by atoms with Gasteiger partial charge in [-0.15, -0.1) is 0 Å². The average molecular weight is 1030 g/mol. The maximum atomic E-state index is 15.1. The Labute approximate surface area is 418 Å². The van der Waals surface area contributed by atoms with Crippen LogP contribution in [-0.2, 0) is 11.1 Å². The maximum absolute atomic E-state index is 15.1. The minimum atomic E-state index is -1.95. The van der Waals surface area contributed by atoms with Crippen LogP contribution in [0.25, 0.3) is 21.8 Å². The van der Waals surface area contributed by atoms with E-state index in [2.05, 4.69) is 40.9 Å². The van der Waals surface area contributed by atoms with Gasteiger partial charge in [-0.2, -0.15) is 10.0 Å². The van der Waals surface area contributed by atoms with Crippen molar-refractivity contribution in [1.82, 2.24) is 30.2 Å². The number of nitrogens with one attached hydrogen (secondary N) is 2. The molecule has 0 saturated carbocycles. The number of benzene rings is 4. The molecule has 0 aliphatic carbocycles. The molecule has 2 N–H and O–H groups in total. The molecule has 8 rings (SSSR count). The first-order chi connectivity index (χ1) is 34.7. The number of carbonyl (C=O) groups is 2. The number of hydrogen-bond acceptors (Lipinski definition) is 16. The fraction of sp³-hybridized carbons (Fsp3) is 0.265. The zero-order valence-electron chi connectivity index (χ0n) is 39.9. The summed E-state index contributed by atoms with van der Waals surface area (Å²) < 4.78 is 77.5. The number of methoxy groups -OCH3 is 2. The Hall–Kier alpha value is -7.79. The lowest BCUT2D eigenvalue weighted by Gasteiger charge is -2.32. The highest BCUT2D eigenvalue weighted by Crippen LogP contribution is 2.41. The topological polar surface area (TPSA) is 205 Å². The van der Waals surface area contributed by atoms with Gasteiger partial charge < -0.3 is 33.3 Å². The number of hydrogen-bond donors (Lipinski definition) is 2. The monoisotopic (exact) mass is 1020 g/mol. The summed E-state index contributed by atoms with van der Waals surface area (Å²) in [5.41, 5.74) is -2.40. The van der Waals surface area contributed by atoms with Crippen molar-refractivity contribution in [2.45, 2.75) is 65.5 Å². The molecule has 4 aromatic heterocycles. The molecule has 374 valence electrons. The number of urea groups is 2. The van der Waals surface area contributed by atoms with Gasteiger partial charge >= 0.3 is 12.1 Å². The third-order valence-electron chi connectivity index (χ3n) is 10.8. The van der Waals surface area contributed by atoms with Crippen LogP contribution in [0.15, 0.2) is 126 Å². The molecule has 18 nitrogen and oxygen atoms in total. The van der Waals surface area contributed by atoms with Gasteiger partial charge in [-0.25, -0.2) is 42.7 Å². The van der Waals surface area contributed by atoms with Crippen LogP contribution in [0.3, 0.4) is 0 Å². The number of rotatable bonds is 18. The summed E-state index contributed by atoms with van der Waals surface area (Å²) in [6, 6.07) is 20.7. The zero-order chi connectivity index (χ0) is 51.2. The molecule has 0 aliphatic heterocycles. The first kappa shape index (κ1) is 50.6. The highest BCUT2D eigenvalue weighted by atomic mass is 32.2. The van der Waals surface area contributed by atoms with Crippen LogP contribution >= 0.6 is 23.5 Å². The van der Waals surface area contributed by atoms with Crippen LogP contribution in [0.2, 0.25) is 0 Å². The number of amides is 4. The van der Waals surface area contributed by atoms with Crippen LogP contribution in [0, 0.1) is 0 Å². The van der Waals surface area contributed by atoms with Crippen molar-refractivity contribution in [1.29, 1.82) is 0 Å². The van der Waals surface area contributed by atoms with Crippen LogP contribution in [0.1, 0.15) is 46.1 Å². The molecule has 4 heterocycles. The lowest BCUT2D eigenvalue weighted by Crippen LogP contribution is -2.54. The summed E-state index contributed by atoms with van der Waals surface area (Å²) in [4.78, 5) is 49.0. The second-order valence-corrected chi connectivity index (χ2v) is 18.5. The van der Waals surface area contributed by atoms with Crippen molar-refractivity contribution in [3.8, 4) is 23.0 Å². The summed E-state index contributed by atoms with van der Waals surface area (Å²) in [7, 11) is 3.06. The van der Waals surface area contributed by atoms with Crippen molar-refractivity contribution < 1.29 is 50.8 Å². The number of aromatic nitrogens is 6. The fourth-order valence-corrected chi connectivity index (χ4v) is 8.88. The smallest absolute Gasteiger partial charge is 0.348 e. The minimum absolute atomic E-state index is 0.0551. The average Bonchev–Trinajstić information content (AvgIpc) is 4.07. The van der Waals surface area contributed by atoms with Crippen molar-refractivity contribution in [2.24, 2.45) is 0 Å². The molecule has 0 fully saturated rings. The Morgan fingerprint density at radius 1 is 0.667 bits per heavy atom. The highest BCUT2D eigenvalue weighted by molar-refractivity contribution is 7.99. The van der Waals surface area contributed by atoms with Gasteiger partial charge in [-0.1, -0.05) is 46.0 Å². The maximum Gasteiger partial charge on any atom is 0.348 e. The summed E-state index contributed by atoms with van der Waals surface area (Å²) in [5, 5.41) is 17.4. The van der Waals surface area contributed by atoms with E-state index in [4.69, 9.17) is 28.0 Å². The van der Waals surface area contributed by atoms with Crippen molar-refractivity contribution in [2.75, 3.05) is 61.4 Å². The number of alkyl halides is 3. The number of halogens is 3. The molecule has 0 spiro atoms. The summed E-state index contributed by atoms with van der Waals surface area (Å²) in [6.45, 7) is 5.90. The summed E-state index contributed by atoms with van der Waals surface area (Å²) >= 11 is 2.50.